The molecule has 4 nitrogen and oxygen atoms in total. The molecule has 1 fully saturated rings. The average Bonchev–Trinajstić information content (AvgIpc) is 2.74. The Bertz CT molecular complexity index is 775. The fourth-order valence-corrected chi connectivity index (χ4v) is 7.46. The Balaban J connectivity index is 1.90. The van der Waals surface area contributed by atoms with E-state index in [-0.39, 0.29) is 5.92 Å². The zero-order valence-corrected chi connectivity index (χ0v) is 21.1. The molecule has 30 heavy (non-hydrogen) atoms. The molecule has 2 rings (SSSR count). The number of nitrogens with zero attached hydrogens (tertiary/aromatic N) is 3. The van der Waals surface area contributed by atoms with Crippen molar-refractivity contribution in [3.05, 3.63) is 29.8 Å². The molecule has 1 aromatic carbocycles. The Morgan fingerprint density at radius 2 is 1.57 bits per heavy atom. The topological polar surface area (TPSA) is 46.3 Å². The number of isothiocyanates is 3. The molecule has 160 valence electrons. The van der Waals surface area contributed by atoms with Crippen LogP contribution >= 0.6 is 36.7 Å². The molecule has 0 N–H and O–H groups in total. The quantitative estimate of drug-likeness (QED) is 0.196. The van der Waals surface area contributed by atoms with Crippen molar-refractivity contribution in [2.24, 2.45) is 25.8 Å². The first-order chi connectivity index (χ1) is 14.6. The van der Waals surface area contributed by atoms with Crippen molar-refractivity contribution < 1.29 is 4.74 Å². The van der Waals surface area contributed by atoms with Crippen LogP contribution in [0, 0.1) is 11.8 Å². The van der Waals surface area contributed by atoms with Gasteiger partial charge in [-0.25, -0.2) is 14.0 Å². The van der Waals surface area contributed by atoms with Crippen molar-refractivity contribution >= 4 is 60.7 Å². The van der Waals surface area contributed by atoms with Gasteiger partial charge in [-0.3, -0.25) is 0 Å². The van der Waals surface area contributed by atoms with Crippen molar-refractivity contribution in [3.8, 4) is 5.75 Å². The van der Waals surface area contributed by atoms with E-state index in [1.165, 1.54) is 44.1 Å². The van der Waals surface area contributed by atoms with Crippen LogP contribution in [0.3, 0.4) is 0 Å². The molecule has 0 spiro atoms. The zero-order valence-electron chi connectivity index (χ0n) is 17.7. The van der Waals surface area contributed by atoms with E-state index in [1.807, 2.05) is 0 Å². The number of hydrogen-bond donors (Lipinski definition) is 0. The Morgan fingerprint density at radius 1 is 1.00 bits per heavy atom. The zero-order chi connectivity index (χ0) is 21.8. The summed E-state index contributed by atoms with van der Waals surface area (Å²) >= 11 is 14.3. The first-order valence-electron chi connectivity index (χ1n) is 10.6. The maximum Gasteiger partial charge on any atom is 0.461 e. The summed E-state index contributed by atoms with van der Waals surface area (Å²) in [5.74, 6) is 2.62. The van der Waals surface area contributed by atoms with Gasteiger partial charge in [0, 0.05) is 6.04 Å². The highest BCUT2D eigenvalue weighted by Crippen LogP contribution is 2.37. The number of rotatable bonds is 11. The van der Waals surface area contributed by atoms with E-state index in [0.717, 1.165) is 11.7 Å². The van der Waals surface area contributed by atoms with Crippen LogP contribution in [0.25, 0.3) is 0 Å². The highest BCUT2D eigenvalue weighted by atomic mass is 32.1. The second kappa shape index (κ2) is 13.1. The van der Waals surface area contributed by atoms with Crippen molar-refractivity contribution in [1.29, 1.82) is 0 Å². The van der Waals surface area contributed by atoms with Crippen LogP contribution in [0.2, 0.25) is 6.04 Å². The van der Waals surface area contributed by atoms with Crippen LogP contribution < -0.4 is 4.74 Å². The fourth-order valence-electron chi connectivity index (χ4n) is 4.23. The van der Waals surface area contributed by atoms with Gasteiger partial charge in [-0.1, -0.05) is 38.8 Å². The Hall–Kier alpha value is -1.36. The van der Waals surface area contributed by atoms with Gasteiger partial charge < -0.3 is 4.74 Å². The van der Waals surface area contributed by atoms with Crippen molar-refractivity contribution in [2.45, 2.75) is 64.3 Å². The highest BCUT2D eigenvalue weighted by Gasteiger charge is 2.36. The van der Waals surface area contributed by atoms with E-state index in [0.29, 0.717) is 18.6 Å². The maximum atomic E-state index is 6.00. The highest BCUT2D eigenvalue weighted by molar-refractivity contribution is 7.78. The van der Waals surface area contributed by atoms with Gasteiger partial charge >= 0.3 is 8.56 Å². The second-order valence-electron chi connectivity index (χ2n) is 8.08. The number of thiocarbonyl (C=S) groups is 3. The van der Waals surface area contributed by atoms with E-state index < -0.39 is 8.56 Å². The van der Waals surface area contributed by atoms with Crippen molar-refractivity contribution in [2.75, 3.05) is 6.61 Å². The van der Waals surface area contributed by atoms with Crippen LogP contribution in [0.15, 0.2) is 38.2 Å². The van der Waals surface area contributed by atoms with Gasteiger partial charge in [0.1, 0.15) is 5.75 Å². The molecular formula is C22H29N3OS3Si. The van der Waals surface area contributed by atoms with Crippen LogP contribution in [0.1, 0.15) is 63.9 Å². The molecule has 0 radical (unpaired) electrons. The normalized spacial score (nSPS) is 21.1. The monoisotopic (exact) mass is 475 g/mol. The summed E-state index contributed by atoms with van der Waals surface area (Å²) in [4.78, 5) is 0. The van der Waals surface area contributed by atoms with Gasteiger partial charge in [0.05, 0.1) is 22.1 Å². The SMILES string of the molecule is CCC[C@H]1CC[C@H](c2ccc(OCC(C)C[Si](N=C=S)(N=C=S)N=C=S)cc2)CC1. The molecule has 1 aliphatic carbocycles. The molecule has 1 atom stereocenters. The predicted molar refractivity (Wildman–Crippen MR) is 136 cm³/mol. The van der Waals surface area contributed by atoms with Crippen LogP contribution in [-0.2, 0) is 0 Å². The maximum absolute atomic E-state index is 6.00. The minimum Gasteiger partial charge on any atom is -0.493 e. The summed E-state index contributed by atoms with van der Waals surface area (Å²) in [6, 6.07) is 9.14. The van der Waals surface area contributed by atoms with Gasteiger partial charge in [0.15, 0.2) is 0 Å². The first kappa shape index (κ1) is 24.9. The second-order valence-corrected chi connectivity index (χ2v) is 11.3. The van der Waals surface area contributed by atoms with Crippen molar-refractivity contribution in [3.63, 3.8) is 0 Å². The molecule has 0 heterocycles. The molecule has 1 aromatic rings. The Kier molecular flexibility index (Phi) is 10.9. The molecule has 8 heteroatoms. The molecule has 0 amide bonds. The summed E-state index contributed by atoms with van der Waals surface area (Å²) in [6.07, 6.45) is 8.00. The molecule has 0 bridgehead atoms. The molecule has 0 aliphatic heterocycles. The van der Waals surface area contributed by atoms with E-state index in [9.17, 15) is 0 Å². The van der Waals surface area contributed by atoms with Gasteiger partial charge in [0.25, 0.3) is 0 Å². The molecule has 1 aliphatic rings. The van der Waals surface area contributed by atoms with E-state index >= 15 is 0 Å². The predicted octanol–water partition coefficient (Wildman–Crippen LogP) is 7.02. The Morgan fingerprint density at radius 3 is 2.07 bits per heavy atom. The summed E-state index contributed by atoms with van der Waals surface area (Å²) in [7, 11) is -2.89. The lowest BCUT2D eigenvalue weighted by Crippen LogP contribution is -2.31. The lowest BCUT2D eigenvalue weighted by atomic mass is 9.77. The molecule has 1 saturated carbocycles. The molecule has 1 unspecified atom stereocenters. The van der Waals surface area contributed by atoms with Crippen LogP contribution in [0.4, 0.5) is 0 Å². The standard InChI is InChI=1S/C22H29N3OS3Si/c1-3-4-19-5-7-20(8-6-19)21-9-11-22(12-10-21)26-13-18(2)14-30(23-15-27,24-16-28)25-17-29/h9-12,18-20H,3-8,13-14H2,1-2H3/t18?,19-,20-. The third-order valence-corrected chi connectivity index (χ3v) is 9.14. The van der Waals surface area contributed by atoms with Crippen LogP contribution in [-0.4, -0.2) is 30.6 Å². The lowest BCUT2D eigenvalue weighted by molar-refractivity contribution is 0.269. The fraction of sp³-hybridized carbons (Fsp3) is 0.591. The summed E-state index contributed by atoms with van der Waals surface area (Å²) in [5.41, 5.74) is 1.43. The van der Waals surface area contributed by atoms with Crippen molar-refractivity contribution in [1.82, 2.24) is 0 Å². The third kappa shape index (κ3) is 7.71. The van der Waals surface area contributed by atoms with E-state index in [2.05, 4.69) is 67.6 Å². The summed E-state index contributed by atoms with van der Waals surface area (Å²) in [5, 5.41) is 7.12. The smallest absolute Gasteiger partial charge is 0.461 e. The molecule has 0 aromatic heterocycles. The van der Waals surface area contributed by atoms with Gasteiger partial charge in [-0.05, 0) is 97.8 Å². The van der Waals surface area contributed by atoms with E-state index in [1.54, 1.807) is 0 Å². The van der Waals surface area contributed by atoms with Crippen LogP contribution in [0.5, 0.6) is 5.75 Å². The summed E-state index contributed by atoms with van der Waals surface area (Å²) in [6.45, 7) is 4.86. The van der Waals surface area contributed by atoms with Gasteiger partial charge in [0.2, 0.25) is 0 Å². The minimum atomic E-state index is -2.89. The average molecular weight is 476 g/mol. The number of benzene rings is 1. The number of ether oxygens (including phenoxy) is 1. The van der Waals surface area contributed by atoms with Gasteiger partial charge in [-0.2, -0.15) is 0 Å². The van der Waals surface area contributed by atoms with E-state index in [4.69, 9.17) is 41.4 Å². The summed E-state index contributed by atoms with van der Waals surface area (Å²) < 4.78 is 18.5. The van der Waals surface area contributed by atoms with Gasteiger partial charge in [-0.15, -0.1) is 0 Å². The minimum absolute atomic E-state index is 0.136. The number of hydrogen-bond acceptors (Lipinski definition) is 7. The molecule has 0 saturated heterocycles. The molecular weight excluding hydrogens is 447 g/mol. The lowest BCUT2D eigenvalue weighted by Gasteiger charge is -2.28. The third-order valence-electron chi connectivity index (χ3n) is 5.73. The Labute approximate surface area is 197 Å². The largest absolute Gasteiger partial charge is 0.493 e. The first-order valence-corrected chi connectivity index (χ1v) is 13.8.